The van der Waals surface area contributed by atoms with E-state index >= 15 is 0 Å². The maximum atomic E-state index is 11.5. The third-order valence-electron chi connectivity index (χ3n) is 4.57. The van der Waals surface area contributed by atoms with Crippen LogP contribution in [0, 0.1) is 0 Å². The van der Waals surface area contributed by atoms with Crippen molar-refractivity contribution in [1.29, 1.82) is 0 Å². The van der Waals surface area contributed by atoms with Gasteiger partial charge in [-0.3, -0.25) is 4.79 Å². The van der Waals surface area contributed by atoms with Gasteiger partial charge < -0.3 is 10.6 Å². The Hall–Kier alpha value is -2.43. The molecule has 0 bridgehead atoms. The van der Waals surface area contributed by atoms with Crippen molar-refractivity contribution in [3.8, 4) is 0 Å². The van der Waals surface area contributed by atoms with Gasteiger partial charge in [-0.2, -0.15) is 0 Å². The SMILES string of the molecule is CNC(=O)c1ccc(NC2CCC(C)(C)c3ccccc32)nn1. The maximum Gasteiger partial charge on any atom is 0.271 e. The molecule has 1 heterocycles. The minimum Gasteiger partial charge on any atom is -0.362 e. The Morgan fingerprint density at radius 1 is 1.17 bits per heavy atom. The van der Waals surface area contributed by atoms with Crippen molar-refractivity contribution in [3.05, 3.63) is 53.2 Å². The third kappa shape index (κ3) is 3.04. The molecule has 23 heavy (non-hydrogen) atoms. The van der Waals surface area contributed by atoms with Crippen molar-refractivity contribution in [1.82, 2.24) is 15.5 Å². The normalized spacial score (nSPS) is 18.8. The highest BCUT2D eigenvalue weighted by atomic mass is 16.1. The molecule has 0 aliphatic heterocycles. The molecule has 1 amide bonds. The van der Waals surface area contributed by atoms with E-state index in [4.69, 9.17) is 0 Å². The van der Waals surface area contributed by atoms with Crippen LogP contribution in [-0.4, -0.2) is 23.2 Å². The lowest BCUT2D eigenvalue weighted by Crippen LogP contribution is -2.29. The van der Waals surface area contributed by atoms with Crippen LogP contribution in [0.2, 0.25) is 0 Å². The van der Waals surface area contributed by atoms with Crippen LogP contribution in [0.15, 0.2) is 36.4 Å². The second kappa shape index (κ2) is 5.99. The lowest BCUT2D eigenvalue weighted by atomic mass is 9.71. The predicted molar refractivity (Wildman–Crippen MR) is 90.5 cm³/mol. The first kappa shape index (κ1) is 15.5. The van der Waals surface area contributed by atoms with Crippen LogP contribution in [0.3, 0.4) is 0 Å². The molecule has 0 saturated heterocycles. The van der Waals surface area contributed by atoms with E-state index in [0.29, 0.717) is 11.5 Å². The van der Waals surface area contributed by atoms with Crippen molar-refractivity contribution >= 4 is 11.7 Å². The molecule has 1 aliphatic rings. The average molecular weight is 310 g/mol. The molecule has 5 nitrogen and oxygen atoms in total. The first-order valence-electron chi connectivity index (χ1n) is 7.93. The molecular weight excluding hydrogens is 288 g/mol. The van der Waals surface area contributed by atoms with Gasteiger partial charge >= 0.3 is 0 Å². The summed E-state index contributed by atoms with van der Waals surface area (Å²) in [5, 5.41) is 14.1. The number of fused-ring (bicyclic) bond motifs is 1. The molecule has 1 aliphatic carbocycles. The molecule has 1 atom stereocenters. The summed E-state index contributed by atoms with van der Waals surface area (Å²) in [4.78, 5) is 11.5. The molecule has 5 heteroatoms. The highest BCUT2D eigenvalue weighted by molar-refractivity contribution is 5.91. The fourth-order valence-corrected chi connectivity index (χ4v) is 3.20. The lowest BCUT2D eigenvalue weighted by Gasteiger charge is -2.37. The van der Waals surface area contributed by atoms with E-state index in [9.17, 15) is 4.79 Å². The molecule has 120 valence electrons. The Kier molecular flexibility index (Phi) is 4.03. The van der Waals surface area contributed by atoms with Gasteiger partial charge in [0.05, 0.1) is 6.04 Å². The number of hydrogen-bond donors (Lipinski definition) is 2. The number of nitrogens with zero attached hydrogens (tertiary/aromatic N) is 2. The first-order valence-corrected chi connectivity index (χ1v) is 7.93. The van der Waals surface area contributed by atoms with Crippen molar-refractivity contribution in [2.75, 3.05) is 12.4 Å². The molecule has 0 fully saturated rings. The summed E-state index contributed by atoms with van der Waals surface area (Å²) < 4.78 is 0. The molecule has 0 spiro atoms. The summed E-state index contributed by atoms with van der Waals surface area (Å²) in [7, 11) is 1.58. The average Bonchev–Trinajstić information content (AvgIpc) is 2.58. The van der Waals surface area contributed by atoms with E-state index < -0.39 is 0 Å². The van der Waals surface area contributed by atoms with E-state index in [0.717, 1.165) is 12.8 Å². The zero-order chi connectivity index (χ0) is 16.4. The van der Waals surface area contributed by atoms with Gasteiger partial charge in [0, 0.05) is 7.05 Å². The molecule has 1 aromatic carbocycles. The van der Waals surface area contributed by atoms with Crippen LogP contribution in [-0.2, 0) is 5.41 Å². The van der Waals surface area contributed by atoms with Crippen LogP contribution < -0.4 is 10.6 Å². The fourth-order valence-electron chi connectivity index (χ4n) is 3.20. The smallest absolute Gasteiger partial charge is 0.271 e. The van der Waals surface area contributed by atoms with Gasteiger partial charge in [-0.1, -0.05) is 38.1 Å². The Bertz CT molecular complexity index is 709. The second-order valence-corrected chi connectivity index (χ2v) is 6.59. The number of carbonyl (C=O) groups excluding carboxylic acids is 1. The number of hydrogen-bond acceptors (Lipinski definition) is 4. The highest BCUT2D eigenvalue weighted by Gasteiger charge is 2.32. The summed E-state index contributed by atoms with van der Waals surface area (Å²) in [6.45, 7) is 4.58. The molecule has 1 aromatic heterocycles. The molecule has 2 aromatic rings. The van der Waals surface area contributed by atoms with Crippen LogP contribution >= 0.6 is 0 Å². The molecular formula is C18H22N4O. The minimum absolute atomic E-state index is 0.198. The number of benzene rings is 1. The van der Waals surface area contributed by atoms with Crippen molar-refractivity contribution in [2.24, 2.45) is 0 Å². The number of aromatic nitrogens is 2. The lowest BCUT2D eigenvalue weighted by molar-refractivity contribution is 0.0957. The van der Waals surface area contributed by atoms with Crippen LogP contribution in [0.5, 0.6) is 0 Å². The van der Waals surface area contributed by atoms with E-state index in [-0.39, 0.29) is 17.4 Å². The second-order valence-electron chi connectivity index (χ2n) is 6.59. The molecule has 3 rings (SSSR count). The van der Waals surface area contributed by atoms with Gasteiger partial charge in [-0.25, -0.2) is 0 Å². The Labute approximate surface area is 136 Å². The maximum absolute atomic E-state index is 11.5. The number of anilines is 1. The Morgan fingerprint density at radius 3 is 2.65 bits per heavy atom. The Balaban J connectivity index is 1.82. The standard InChI is InChI=1S/C18H22N4O/c1-18(2)11-10-14(12-6-4-5-7-13(12)18)20-16-9-8-15(21-22-16)17(23)19-3/h4-9,14H,10-11H2,1-3H3,(H,19,23)(H,20,22). The third-order valence-corrected chi connectivity index (χ3v) is 4.57. The summed E-state index contributed by atoms with van der Waals surface area (Å²) >= 11 is 0. The highest BCUT2D eigenvalue weighted by Crippen LogP contribution is 2.42. The molecule has 0 radical (unpaired) electrons. The summed E-state index contributed by atoms with van der Waals surface area (Å²) in [5.41, 5.74) is 3.23. The molecule has 1 unspecified atom stereocenters. The zero-order valence-corrected chi connectivity index (χ0v) is 13.8. The molecule has 0 saturated carbocycles. The van der Waals surface area contributed by atoms with E-state index in [1.165, 1.54) is 11.1 Å². The minimum atomic E-state index is -0.228. The fraction of sp³-hybridized carbons (Fsp3) is 0.389. The monoisotopic (exact) mass is 310 g/mol. The largest absolute Gasteiger partial charge is 0.362 e. The quantitative estimate of drug-likeness (QED) is 0.914. The number of carbonyl (C=O) groups is 1. The van der Waals surface area contributed by atoms with Crippen LogP contribution in [0.25, 0.3) is 0 Å². The van der Waals surface area contributed by atoms with Gasteiger partial charge in [0.2, 0.25) is 0 Å². The number of rotatable bonds is 3. The van der Waals surface area contributed by atoms with Crippen LogP contribution in [0.4, 0.5) is 5.82 Å². The topological polar surface area (TPSA) is 66.9 Å². The van der Waals surface area contributed by atoms with Gasteiger partial charge in [0.1, 0.15) is 5.82 Å². The van der Waals surface area contributed by atoms with Gasteiger partial charge in [-0.15, -0.1) is 10.2 Å². The zero-order valence-electron chi connectivity index (χ0n) is 13.8. The van der Waals surface area contributed by atoms with Gasteiger partial charge in [-0.05, 0) is 41.5 Å². The van der Waals surface area contributed by atoms with Gasteiger partial charge in [0.25, 0.3) is 5.91 Å². The van der Waals surface area contributed by atoms with Crippen molar-refractivity contribution < 1.29 is 4.79 Å². The van der Waals surface area contributed by atoms with Crippen molar-refractivity contribution in [2.45, 2.75) is 38.1 Å². The number of amides is 1. The number of nitrogens with one attached hydrogen (secondary N) is 2. The van der Waals surface area contributed by atoms with Gasteiger partial charge in [0.15, 0.2) is 5.69 Å². The summed E-state index contributed by atoms with van der Waals surface area (Å²) in [6.07, 6.45) is 2.16. The van der Waals surface area contributed by atoms with Crippen LogP contribution in [0.1, 0.15) is 54.3 Å². The van der Waals surface area contributed by atoms with Crippen molar-refractivity contribution in [3.63, 3.8) is 0 Å². The molecule has 2 N–H and O–H groups in total. The first-order chi connectivity index (χ1) is 11.0. The summed E-state index contributed by atoms with van der Waals surface area (Å²) in [6, 6.07) is 12.3. The van der Waals surface area contributed by atoms with E-state index in [1.54, 1.807) is 19.2 Å². The summed E-state index contributed by atoms with van der Waals surface area (Å²) in [5.74, 6) is 0.464. The van der Waals surface area contributed by atoms with E-state index in [2.05, 4.69) is 58.9 Å². The van der Waals surface area contributed by atoms with E-state index in [1.807, 2.05) is 0 Å². The Morgan fingerprint density at radius 2 is 1.96 bits per heavy atom. The predicted octanol–water partition coefficient (Wildman–Crippen LogP) is 3.06.